The van der Waals surface area contributed by atoms with E-state index < -0.39 is 0 Å². The smallest absolute Gasteiger partial charge is 0.135 e. The second-order valence-electron chi connectivity index (χ2n) is 16.2. The highest BCUT2D eigenvalue weighted by atomic mass is 19.1. The van der Waals surface area contributed by atoms with Gasteiger partial charge in [-0.2, -0.15) is 0 Å². The lowest BCUT2D eigenvalue weighted by Crippen LogP contribution is -2.15. The van der Waals surface area contributed by atoms with Crippen LogP contribution in [0, 0.1) is 47.4 Å². The van der Waals surface area contributed by atoms with Crippen LogP contribution >= 0.6 is 0 Å². The summed E-state index contributed by atoms with van der Waals surface area (Å²) in [5.41, 5.74) is 16.5. The number of para-hydroxylation sites is 1. The summed E-state index contributed by atoms with van der Waals surface area (Å²) >= 11 is 0. The molecule has 0 aliphatic heterocycles. The average molecular weight is 777 g/mol. The molecule has 1 aliphatic carbocycles. The molecule has 0 saturated heterocycles. The Morgan fingerprint density at radius 3 is 1.54 bits per heavy atom. The lowest BCUT2D eigenvalue weighted by atomic mass is 9.81. The van der Waals surface area contributed by atoms with Crippen LogP contribution in [0.3, 0.4) is 0 Å². The summed E-state index contributed by atoms with van der Waals surface area (Å²) in [7, 11) is 0. The summed E-state index contributed by atoms with van der Waals surface area (Å²) in [5, 5.41) is 5.18. The molecule has 1 nitrogen and oxygen atoms in total. The summed E-state index contributed by atoms with van der Waals surface area (Å²) in [6.07, 6.45) is 1.05. The predicted molar refractivity (Wildman–Crippen MR) is 252 cm³/mol. The van der Waals surface area contributed by atoms with E-state index in [1.54, 1.807) is 0 Å². The molecule has 1 aromatic heterocycles. The molecule has 8 aromatic carbocycles. The molecule has 0 atom stereocenters. The van der Waals surface area contributed by atoms with E-state index in [0.29, 0.717) is 0 Å². The predicted octanol–water partition coefficient (Wildman–Crippen LogP) is 16.3. The highest BCUT2D eigenvalue weighted by Gasteiger charge is 2.36. The Morgan fingerprint density at radius 1 is 0.441 bits per heavy atom. The maximum Gasteiger partial charge on any atom is 0.135 e. The van der Waals surface area contributed by atoms with Gasteiger partial charge < -0.3 is 4.42 Å². The third-order valence-corrected chi connectivity index (χ3v) is 11.0. The number of fused-ring (bicyclic) bond motifs is 8. The standard InChI is InChI=1S/C21H20.C14H12O.C8H9F.2C7H8/c1-13-9-10-17-18(11-13)21(3,4)19-12-14(2)15-7-5-6-8-16(15)20(17)19;1-2-10-7-8-12-11-5-3-4-6-13(11)15-14(12)9-10;1-6-3-7(2)5-8(9)4-6;2*1-7-5-3-2-4-6-7/h5-12H,1-4H3;3-9H,2H2,1H3;3-5H,1-2H3;2*2-6H,1H3. The van der Waals surface area contributed by atoms with Gasteiger partial charge in [0.15, 0.2) is 0 Å². The normalized spacial score (nSPS) is 11.8. The fourth-order valence-electron chi connectivity index (χ4n) is 7.86. The van der Waals surface area contributed by atoms with Crippen molar-refractivity contribution in [3.05, 3.63) is 226 Å². The van der Waals surface area contributed by atoms with E-state index in [2.05, 4.69) is 146 Å². The molecule has 0 saturated carbocycles. The van der Waals surface area contributed by atoms with Crippen LogP contribution in [0.25, 0.3) is 43.8 Å². The molecular weight excluding hydrogens is 720 g/mol. The molecule has 0 unspecified atom stereocenters. The minimum absolute atomic E-state index is 0.0888. The number of halogens is 1. The highest BCUT2D eigenvalue weighted by Crippen LogP contribution is 2.52. The first kappa shape index (κ1) is 42.4. The summed E-state index contributed by atoms with van der Waals surface area (Å²) in [6.45, 7) is 19.2. The lowest BCUT2D eigenvalue weighted by molar-refractivity contribution is 0.625. The summed E-state index contributed by atoms with van der Waals surface area (Å²) in [5.74, 6) is -0.146. The summed E-state index contributed by atoms with van der Waals surface area (Å²) < 4.78 is 18.2. The van der Waals surface area contributed by atoms with E-state index in [1.165, 1.54) is 83.7 Å². The fourth-order valence-corrected chi connectivity index (χ4v) is 7.86. The van der Waals surface area contributed by atoms with Gasteiger partial charge in [-0.05, 0) is 128 Å². The number of benzene rings is 8. The van der Waals surface area contributed by atoms with Crippen molar-refractivity contribution in [3.63, 3.8) is 0 Å². The third-order valence-electron chi connectivity index (χ3n) is 11.0. The van der Waals surface area contributed by atoms with Crippen LogP contribution in [0.15, 0.2) is 174 Å². The lowest BCUT2D eigenvalue weighted by Gasteiger charge is -2.22. The van der Waals surface area contributed by atoms with Crippen molar-refractivity contribution >= 4 is 32.7 Å². The van der Waals surface area contributed by atoms with E-state index in [4.69, 9.17) is 4.42 Å². The van der Waals surface area contributed by atoms with E-state index in [9.17, 15) is 4.39 Å². The number of aryl methyl sites for hydroxylation is 7. The molecular formula is C57H57FO. The number of rotatable bonds is 1. The number of hydrogen-bond donors (Lipinski definition) is 0. The molecule has 9 aromatic rings. The molecule has 0 fully saturated rings. The Labute approximate surface area is 351 Å². The zero-order valence-corrected chi connectivity index (χ0v) is 36.2. The summed E-state index contributed by atoms with van der Waals surface area (Å²) in [6, 6.07) is 58.2. The van der Waals surface area contributed by atoms with Gasteiger partial charge in [-0.25, -0.2) is 4.39 Å². The van der Waals surface area contributed by atoms with Crippen molar-refractivity contribution < 1.29 is 8.81 Å². The van der Waals surface area contributed by atoms with Crippen LogP contribution < -0.4 is 0 Å². The van der Waals surface area contributed by atoms with Crippen molar-refractivity contribution in [3.8, 4) is 11.1 Å². The maximum atomic E-state index is 12.4. The van der Waals surface area contributed by atoms with Crippen LogP contribution in [0.2, 0.25) is 0 Å². The summed E-state index contributed by atoms with van der Waals surface area (Å²) in [4.78, 5) is 0. The fraction of sp³-hybridized carbons (Fsp3) is 0.193. The molecule has 0 spiro atoms. The monoisotopic (exact) mass is 776 g/mol. The zero-order valence-electron chi connectivity index (χ0n) is 36.2. The molecule has 10 rings (SSSR count). The molecule has 0 bridgehead atoms. The first-order chi connectivity index (χ1) is 28.3. The molecule has 0 N–H and O–H groups in total. The Kier molecular flexibility index (Phi) is 13.6. The van der Waals surface area contributed by atoms with Crippen LogP contribution in [0.4, 0.5) is 4.39 Å². The second-order valence-corrected chi connectivity index (χ2v) is 16.2. The molecule has 0 radical (unpaired) electrons. The van der Waals surface area contributed by atoms with E-state index in [0.717, 1.165) is 28.7 Å². The Hall–Kier alpha value is -6.25. The van der Waals surface area contributed by atoms with Crippen LogP contribution in [0.1, 0.15) is 70.8 Å². The molecule has 298 valence electrons. The van der Waals surface area contributed by atoms with Gasteiger partial charge in [0.25, 0.3) is 0 Å². The quantitative estimate of drug-likeness (QED) is 0.162. The third kappa shape index (κ3) is 10.3. The van der Waals surface area contributed by atoms with Gasteiger partial charge in [-0.15, -0.1) is 0 Å². The van der Waals surface area contributed by atoms with Crippen molar-refractivity contribution in [2.24, 2.45) is 0 Å². The molecule has 59 heavy (non-hydrogen) atoms. The van der Waals surface area contributed by atoms with Crippen molar-refractivity contribution in [2.75, 3.05) is 0 Å². The number of hydrogen-bond acceptors (Lipinski definition) is 1. The Morgan fingerprint density at radius 2 is 0.983 bits per heavy atom. The van der Waals surface area contributed by atoms with Gasteiger partial charge in [-0.1, -0.05) is 183 Å². The largest absolute Gasteiger partial charge is 0.456 e. The SMILES string of the molecule is CCc1ccc2c(c1)oc1ccccc12.Cc1cc(C)cc(F)c1.Cc1ccc2c(c1)C(C)(C)c1cc(C)c3ccccc3c1-2.Cc1ccccc1.Cc1ccccc1. The van der Waals surface area contributed by atoms with Crippen molar-refractivity contribution in [2.45, 2.75) is 74.1 Å². The molecule has 0 amide bonds. The highest BCUT2D eigenvalue weighted by molar-refractivity contribution is 6.05. The Bertz CT molecular complexity index is 2700. The van der Waals surface area contributed by atoms with Gasteiger partial charge in [0.2, 0.25) is 0 Å². The van der Waals surface area contributed by atoms with Crippen LogP contribution in [0.5, 0.6) is 0 Å². The maximum absolute atomic E-state index is 12.4. The molecule has 2 heteroatoms. The van der Waals surface area contributed by atoms with Crippen molar-refractivity contribution in [1.29, 1.82) is 0 Å². The van der Waals surface area contributed by atoms with Crippen LogP contribution in [-0.2, 0) is 11.8 Å². The van der Waals surface area contributed by atoms with Gasteiger partial charge in [-0.3, -0.25) is 0 Å². The Balaban J connectivity index is 0.000000134. The topological polar surface area (TPSA) is 13.1 Å². The molecule has 1 heterocycles. The van der Waals surface area contributed by atoms with Crippen LogP contribution in [-0.4, -0.2) is 0 Å². The first-order valence-electron chi connectivity index (χ1n) is 20.7. The average Bonchev–Trinajstić information content (AvgIpc) is 3.70. The van der Waals surface area contributed by atoms with Gasteiger partial charge in [0.05, 0.1) is 0 Å². The van der Waals surface area contributed by atoms with E-state index in [-0.39, 0.29) is 11.2 Å². The first-order valence-corrected chi connectivity index (χ1v) is 20.7. The second kappa shape index (κ2) is 19.0. The van der Waals surface area contributed by atoms with E-state index >= 15 is 0 Å². The number of furan rings is 1. The minimum Gasteiger partial charge on any atom is -0.456 e. The molecule has 1 aliphatic rings. The van der Waals surface area contributed by atoms with Gasteiger partial charge in [0, 0.05) is 16.2 Å². The van der Waals surface area contributed by atoms with Gasteiger partial charge >= 0.3 is 0 Å². The minimum atomic E-state index is -0.146. The van der Waals surface area contributed by atoms with Gasteiger partial charge in [0.1, 0.15) is 17.0 Å². The van der Waals surface area contributed by atoms with Crippen molar-refractivity contribution in [1.82, 2.24) is 0 Å². The zero-order chi connectivity index (χ0) is 42.1. The van der Waals surface area contributed by atoms with E-state index in [1.807, 2.05) is 74.5 Å².